The number of hydrogen-bond donors (Lipinski definition) is 1. The summed E-state index contributed by atoms with van der Waals surface area (Å²) in [5, 5.41) is 9.38. The molecule has 0 amide bonds. The van der Waals surface area contributed by atoms with Gasteiger partial charge in [0.25, 0.3) is 0 Å². The van der Waals surface area contributed by atoms with E-state index in [-0.39, 0.29) is 11.3 Å². The number of ether oxygens (including phenoxy) is 2. The molecule has 0 atom stereocenters. The van der Waals surface area contributed by atoms with Gasteiger partial charge in [-0.3, -0.25) is 0 Å². The number of hydrogen-bond acceptors (Lipinski definition) is 3. The first-order valence-corrected chi connectivity index (χ1v) is 5.71. The summed E-state index contributed by atoms with van der Waals surface area (Å²) < 4.78 is 10.5. The second kappa shape index (κ2) is 6.35. The van der Waals surface area contributed by atoms with Crippen LogP contribution < -0.4 is 9.47 Å². The van der Waals surface area contributed by atoms with Crippen LogP contribution in [-0.4, -0.2) is 24.8 Å². The van der Waals surface area contributed by atoms with Crippen molar-refractivity contribution in [3.63, 3.8) is 0 Å². The van der Waals surface area contributed by atoms with Gasteiger partial charge in [0.05, 0.1) is 13.7 Å². The van der Waals surface area contributed by atoms with Gasteiger partial charge in [0, 0.05) is 11.1 Å². The lowest BCUT2D eigenvalue weighted by molar-refractivity contribution is 0.0691. The normalized spacial score (nSPS) is 10.1. The summed E-state index contributed by atoms with van der Waals surface area (Å²) in [6.07, 6.45) is 1.82. The Morgan fingerprint density at radius 3 is 2.71 bits per heavy atom. The lowest BCUT2D eigenvalue weighted by Crippen LogP contribution is -2.06. The van der Waals surface area contributed by atoms with E-state index < -0.39 is 5.97 Å². The van der Waals surface area contributed by atoms with Gasteiger partial charge in [-0.2, -0.15) is 0 Å². The van der Waals surface area contributed by atoms with E-state index in [9.17, 15) is 4.79 Å². The lowest BCUT2D eigenvalue weighted by atomic mass is 10.2. The lowest BCUT2D eigenvalue weighted by Gasteiger charge is -2.13. The topological polar surface area (TPSA) is 55.8 Å². The molecule has 0 fully saturated rings. The maximum absolute atomic E-state index is 11.1. The zero-order valence-corrected chi connectivity index (χ0v) is 10.6. The fourth-order valence-electron chi connectivity index (χ4n) is 1.35. The molecule has 0 aliphatic rings. The van der Waals surface area contributed by atoms with Gasteiger partial charge >= 0.3 is 5.97 Å². The Kier molecular flexibility index (Phi) is 5.10. The van der Waals surface area contributed by atoms with Gasteiger partial charge in [0.15, 0.2) is 11.5 Å². The monoisotopic (exact) mass is 258 g/mol. The molecule has 4 nitrogen and oxygen atoms in total. The highest BCUT2D eigenvalue weighted by Gasteiger charge is 2.18. The molecule has 0 saturated heterocycles. The van der Waals surface area contributed by atoms with Crippen molar-refractivity contribution >= 4 is 17.6 Å². The van der Waals surface area contributed by atoms with Crippen molar-refractivity contribution in [1.29, 1.82) is 0 Å². The predicted molar refractivity (Wildman–Crippen MR) is 65.4 cm³/mol. The van der Waals surface area contributed by atoms with E-state index in [0.29, 0.717) is 17.4 Å². The van der Waals surface area contributed by atoms with E-state index in [1.807, 2.05) is 6.92 Å². The Balaban J connectivity index is 3.08. The van der Waals surface area contributed by atoms with Crippen molar-refractivity contribution < 1.29 is 19.4 Å². The van der Waals surface area contributed by atoms with Crippen molar-refractivity contribution in [2.24, 2.45) is 0 Å². The molecule has 5 heteroatoms. The third-order valence-electron chi connectivity index (χ3n) is 2.21. The summed E-state index contributed by atoms with van der Waals surface area (Å²) in [6, 6.07) is 2.89. The molecule has 0 saturated carbocycles. The Bertz CT molecular complexity index is 404. The number of carbonyl (C=O) groups is 1. The van der Waals surface area contributed by atoms with Crippen LogP contribution in [0.2, 0.25) is 5.02 Å². The van der Waals surface area contributed by atoms with E-state index in [1.165, 1.54) is 19.2 Å². The minimum absolute atomic E-state index is 0.0189. The van der Waals surface area contributed by atoms with Crippen LogP contribution in [-0.2, 0) is 0 Å². The quantitative estimate of drug-likeness (QED) is 0.796. The number of aromatic carboxylic acids is 1. The largest absolute Gasteiger partial charge is 0.493 e. The summed E-state index contributed by atoms with van der Waals surface area (Å²) in [5.74, 6) is -0.513. The zero-order chi connectivity index (χ0) is 12.8. The third kappa shape index (κ3) is 3.53. The van der Waals surface area contributed by atoms with E-state index >= 15 is 0 Å². The molecule has 0 aliphatic carbocycles. The predicted octanol–water partition coefficient (Wildman–Crippen LogP) is 3.23. The molecular formula is C12H15ClO4. The molecule has 1 rings (SSSR count). The van der Waals surface area contributed by atoms with Gasteiger partial charge in [-0.25, -0.2) is 4.79 Å². The van der Waals surface area contributed by atoms with Crippen LogP contribution in [0.3, 0.4) is 0 Å². The Morgan fingerprint density at radius 1 is 1.47 bits per heavy atom. The maximum Gasteiger partial charge on any atom is 0.339 e. The number of methoxy groups -OCH3 is 1. The van der Waals surface area contributed by atoms with Crippen LogP contribution in [0.4, 0.5) is 0 Å². The van der Waals surface area contributed by atoms with Crippen molar-refractivity contribution in [2.75, 3.05) is 13.7 Å². The number of halogens is 1. The second-order valence-electron chi connectivity index (χ2n) is 3.49. The van der Waals surface area contributed by atoms with Crippen molar-refractivity contribution in [2.45, 2.75) is 19.8 Å². The van der Waals surface area contributed by atoms with Gasteiger partial charge < -0.3 is 14.6 Å². The maximum atomic E-state index is 11.1. The van der Waals surface area contributed by atoms with Gasteiger partial charge in [-0.05, 0) is 12.5 Å². The van der Waals surface area contributed by atoms with Gasteiger partial charge in [-0.1, -0.05) is 24.9 Å². The first kappa shape index (κ1) is 13.6. The van der Waals surface area contributed by atoms with Crippen LogP contribution in [0.5, 0.6) is 11.5 Å². The fraction of sp³-hybridized carbons (Fsp3) is 0.417. The fourth-order valence-corrected chi connectivity index (χ4v) is 1.55. The summed E-state index contributed by atoms with van der Waals surface area (Å²) >= 11 is 5.81. The van der Waals surface area contributed by atoms with E-state index in [1.54, 1.807) is 0 Å². The van der Waals surface area contributed by atoms with Crippen LogP contribution in [0.25, 0.3) is 0 Å². The smallest absolute Gasteiger partial charge is 0.339 e. The standard InChI is InChI=1S/C12H15ClO4/c1-3-4-5-17-11-9(12(14)15)6-8(13)7-10(11)16-2/h6-7H,3-5H2,1-2H3,(H,14,15). The second-order valence-corrected chi connectivity index (χ2v) is 3.93. The number of carboxylic acid groups (broad SMARTS) is 1. The number of rotatable bonds is 6. The Labute approximate surface area is 105 Å². The van der Waals surface area contributed by atoms with Crippen molar-refractivity contribution in [1.82, 2.24) is 0 Å². The summed E-state index contributed by atoms with van der Waals surface area (Å²) in [7, 11) is 1.45. The Morgan fingerprint density at radius 2 is 2.18 bits per heavy atom. The molecule has 0 spiro atoms. The first-order valence-electron chi connectivity index (χ1n) is 5.33. The molecule has 0 heterocycles. The molecule has 0 aromatic heterocycles. The van der Waals surface area contributed by atoms with Gasteiger partial charge in [-0.15, -0.1) is 0 Å². The van der Waals surface area contributed by atoms with Gasteiger partial charge in [0.2, 0.25) is 0 Å². The first-order chi connectivity index (χ1) is 8.10. The van der Waals surface area contributed by atoms with Crippen LogP contribution in [0, 0.1) is 0 Å². The van der Waals surface area contributed by atoms with E-state index in [4.69, 9.17) is 26.2 Å². The average Bonchev–Trinajstić information content (AvgIpc) is 2.30. The highest BCUT2D eigenvalue weighted by atomic mass is 35.5. The van der Waals surface area contributed by atoms with E-state index in [2.05, 4.69) is 0 Å². The molecule has 17 heavy (non-hydrogen) atoms. The molecule has 94 valence electrons. The minimum Gasteiger partial charge on any atom is -0.493 e. The number of benzene rings is 1. The Hall–Kier alpha value is -1.42. The van der Waals surface area contributed by atoms with Crippen LogP contribution in [0.1, 0.15) is 30.1 Å². The average molecular weight is 259 g/mol. The number of carboxylic acids is 1. The molecule has 1 N–H and O–H groups in total. The molecule has 0 unspecified atom stereocenters. The SMILES string of the molecule is CCCCOc1c(OC)cc(Cl)cc1C(=O)O. The van der Waals surface area contributed by atoms with Crippen LogP contribution >= 0.6 is 11.6 Å². The van der Waals surface area contributed by atoms with Crippen molar-refractivity contribution in [3.05, 3.63) is 22.7 Å². The van der Waals surface area contributed by atoms with E-state index in [0.717, 1.165) is 12.8 Å². The van der Waals surface area contributed by atoms with Crippen molar-refractivity contribution in [3.8, 4) is 11.5 Å². The third-order valence-corrected chi connectivity index (χ3v) is 2.43. The minimum atomic E-state index is -1.09. The highest BCUT2D eigenvalue weighted by Crippen LogP contribution is 2.34. The van der Waals surface area contributed by atoms with Crippen LogP contribution in [0.15, 0.2) is 12.1 Å². The molecular weight excluding hydrogens is 244 g/mol. The molecule has 0 bridgehead atoms. The summed E-state index contributed by atoms with van der Waals surface area (Å²) in [5.41, 5.74) is 0.0189. The summed E-state index contributed by atoms with van der Waals surface area (Å²) in [6.45, 7) is 2.48. The summed E-state index contributed by atoms with van der Waals surface area (Å²) in [4.78, 5) is 11.1. The van der Waals surface area contributed by atoms with Gasteiger partial charge in [0.1, 0.15) is 5.56 Å². The number of unbranched alkanes of at least 4 members (excludes halogenated alkanes) is 1. The zero-order valence-electron chi connectivity index (χ0n) is 9.83. The molecule has 0 aliphatic heterocycles. The molecule has 1 aromatic rings. The molecule has 0 radical (unpaired) electrons. The highest BCUT2D eigenvalue weighted by molar-refractivity contribution is 6.31. The molecule has 1 aromatic carbocycles.